The Morgan fingerprint density at radius 1 is 1.00 bits per heavy atom. The molecule has 2 rings (SSSR count). The van der Waals surface area contributed by atoms with Crippen LogP contribution in [0.4, 0.5) is 0 Å². The fourth-order valence-electron chi connectivity index (χ4n) is 2.80. The Morgan fingerprint density at radius 3 is 2.46 bits per heavy atom. The van der Waals surface area contributed by atoms with Crippen LogP contribution < -0.4 is 10.6 Å². The van der Waals surface area contributed by atoms with Crippen LogP contribution in [0.2, 0.25) is 0 Å². The van der Waals surface area contributed by atoms with Gasteiger partial charge >= 0.3 is 0 Å². The van der Waals surface area contributed by atoms with Crippen LogP contribution in [0.15, 0.2) is 18.2 Å². The van der Waals surface area contributed by atoms with Crippen LogP contribution in [0.5, 0.6) is 0 Å². The summed E-state index contributed by atoms with van der Waals surface area (Å²) in [6.45, 7) is 4.42. The highest BCUT2D eigenvalue weighted by Gasteiger charge is 2.15. The van der Waals surface area contributed by atoms with Gasteiger partial charge in [0.1, 0.15) is 0 Å². The van der Waals surface area contributed by atoms with Crippen molar-refractivity contribution in [3.8, 4) is 0 Å². The van der Waals surface area contributed by atoms with E-state index in [1.165, 1.54) is 11.1 Å². The Hall–Kier alpha value is -2.17. The van der Waals surface area contributed by atoms with Crippen molar-refractivity contribution >= 4 is 17.6 Å². The third-order valence-corrected chi connectivity index (χ3v) is 4.27. The Labute approximate surface area is 143 Å². The van der Waals surface area contributed by atoms with Gasteiger partial charge in [0.25, 0.3) is 0 Å². The number of ketones is 1. The molecule has 0 radical (unpaired) electrons. The number of amides is 2. The summed E-state index contributed by atoms with van der Waals surface area (Å²) in [5.41, 5.74) is 3.31. The summed E-state index contributed by atoms with van der Waals surface area (Å²) in [6, 6.07) is 5.88. The Balaban J connectivity index is 1.68. The molecule has 0 atom stereocenters. The molecule has 24 heavy (non-hydrogen) atoms. The minimum Gasteiger partial charge on any atom is -0.354 e. The molecule has 2 amide bonds. The molecule has 1 aliphatic rings. The van der Waals surface area contributed by atoms with E-state index >= 15 is 0 Å². The molecular formula is C19H26N2O3. The van der Waals surface area contributed by atoms with E-state index in [4.69, 9.17) is 0 Å². The van der Waals surface area contributed by atoms with E-state index in [0.717, 1.165) is 19.3 Å². The number of Topliss-reactive ketones (excluding diaryl/α,β-unsaturated/α-hetero) is 1. The summed E-state index contributed by atoms with van der Waals surface area (Å²) in [4.78, 5) is 35.3. The first-order valence-corrected chi connectivity index (χ1v) is 8.67. The molecular weight excluding hydrogens is 304 g/mol. The lowest BCUT2D eigenvalue weighted by molar-refractivity contribution is -0.124. The molecule has 1 aromatic rings. The molecule has 0 spiro atoms. The number of carbonyl (C=O) groups excluding carboxylic acids is 3. The average Bonchev–Trinajstić information content (AvgIpc) is 3.03. The highest BCUT2D eigenvalue weighted by atomic mass is 16.2. The minimum atomic E-state index is -0.164. The van der Waals surface area contributed by atoms with Gasteiger partial charge in [0.05, 0.1) is 0 Å². The number of nitrogens with one attached hydrogen (secondary N) is 2. The van der Waals surface area contributed by atoms with Crippen LogP contribution >= 0.6 is 0 Å². The van der Waals surface area contributed by atoms with Gasteiger partial charge in [0.2, 0.25) is 11.8 Å². The van der Waals surface area contributed by atoms with Crippen LogP contribution in [-0.4, -0.2) is 30.7 Å². The van der Waals surface area contributed by atoms with Gasteiger partial charge in [0, 0.05) is 37.4 Å². The predicted molar refractivity (Wildman–Crippen MR) is 92.9 cm³/mol. The summed E-state index contributed by atoms with van der Waals surface area (Å²) >= 11 is 0. The number of carbonyl (C=O) groups is 3. The number of aryl methyl sites for hydroxylation is 2. The van der Waals surface area contributed by atoms with Crippen LogP contribution in [0.1, 0.15) is 54.6 Å². The molecule has 0 saturated heterocycles. The van der Waals surface area contributed by atoms with Crippen LogP contribution in [0.25, 0.3) is 0 Å². The number of benzene rings is 1. The largest absolute Gasteiger partial charge is 0.354 e. The molecule has 5 heteroatoms. The van der Waals surface area contributed by atoms with Gasteiger partial charge < -0.3 is 10.6 Å². The molecule has 0 heterocycles. The standard InChI is InChI=1S/C19H26N2O3/c1-13(2)19(24)21-11-10-20-18(23)9-8-17(22)16-7-6-14-4-3-5-15(14)12-16/h6-7,12-13H,3-5,8-11H2,1-2H3,(H,20,23)(H,21,24). The number of hydrogen-bond acceptors (Lipinski definition) is 3. The Bertz CT molecular complexity index is 623. The minimum absolute atomic E-state index is 0.00737. The molecule has 0 fully saturated rings. The first-order valence-electron chi connectivity index (χ1n) is 8.67. The monoisotopic (exact) mass is 330 g/mol. The van der Waals surface area contributed by atoms with Crippen LogP contribution in [0, 0.1) is 5.92 Å². The van der Waals surface area contributed by atoms with Crippen molar-refractivity contribution in [3.05, 3.63) is 34.9 Å². The quantitative estimate of drug-likeness (QED) is 0.566. The van der Waals surface area contributed by atoms with Crippen molar-refractivity contribution in [3.63, 3.8) is 0 Å². The molecule has 0 saturated carbocycles. The smallest absolute Gasteiger partial charge is 0.222 e. The highest BCUT2D eigenvalue weighted by molar-refractivity contribution is 5.98. The lowest BCUT2D eigenvalue weighted by Gasteiger charge is -2.09. The van der Waals surface area contributed by atoms with E-state index in [1.54, 1.807) is 0 Å². The number of hydrogen-bond donors (Lipinski definition) is 2. The number of fused-ring (bicyclic) bond motifs is 1. The van der Waals surface area contributed by atoms with Gasteiger partial charge in [0.15, 0.2) is 5.78 Å². The van der Waals surface area contributed by atoms with E-state index in [-0.39, 0.29) is 36.4 Å². The van der Waals surface area contributed by atoms with Gasteiger partial charge in [-0.2, -0.15) is 0 Å². The first kappa shape index (κ1) is 18.2. The van der Waals surface area contributed by atoms with E-state index in [0.29, 0.717) is 18.7 Å². The first-order chi connectivity index (χ1) is 11.5. The maximum Gasteiger partial charge on any atom is 0.222 e. The van der Waals surface area contributed by atoms with Gasteiger partial charge in [-0.1, -0.05) is 26.0 Å². The Morgan fingerprint density at radius 2 is 1.71 bits per heavy atom. The summed E-state index contributed by atoms with van der Waals surface area (Å²) in [6.07, 6.45) is 3.68. The number of rotatable bonds is 8. The molecule has 5 nitrogen and oxygen atoms in total. The van der Waals surface area contributed by atoms with Gasteiger partial charge in [-0.25, -0.2) is 0 Å². The highest BCUT2D eigenvalue weighted by Crippen LogP contribution is 2.23. The maximum atomic E-state index is 12.2. The lowest BCUT2D eigenvalue weighted by Crippen LogP contribution is -2.36. The fourth-order valence-corrected chi connectivity index (χ4v) is 2.80. The summed E-state index contributed by atoms with van der Waals surface area (Å²) < 4.78 is 0. The van der Waals surface area contributed by atoms with Crippen molar-refractivity contribution in [2.45, 2.75) is 46.0 Å². The third kappa shape index (κ3) is 5.18. The summed E-state index contributed by atoms with van der Waals surface area (Å²) in [5.74, 6) is -0.252. The van der Waals surface area contributed by atoms with Crippen LogP contribution in [0.3, 0.4) is 0 Å². The fraction of sp³-hybridized carbons (Fsp3) is 0.526. The molecule has 2 N–H and O–H groups in total. The molecule has 130 valence electrons. The van der Waals surface area contributed by atoms with Crippen molar-refractivity contribution in [2.75, 3.05) is 13.1 Å². The Kier molecular flexibility index (Phi) is 6.53. The molecule has 0 unspecified atom stereocenters. The lowest BCUT2D eigenvalue weighted by atomic mass is 10.0. The zero-order valence-electron chi connectivity index (χ0n) is 14.5. The van der Waals surface area contributed by atoms with Crippen molar-refractivity contribution in [1.29, 1.82) is 0 Å². The second kappa shape index (κ2) is 8.62. The van der Waals surface area contributed by atoms with E-state index in [2.05, 4.69) is 10.6 Å². The second-order valence-corrected chi connectivity index (χ2v) is 6.56. The van der Waals surface area contributed by atoms with Crippen LogP contribution in [-0.2, 0) is 22.4 Å². The SMILES string of the molecule is CC(C)C(=O)NCCNC(=O)CCC(=O)c1ccc2c(c1)CCC2. The third-order valence-electron chi connectivity index (χ3n) is 4.27. The zero-order chi connectivity index (χ0) is 17.5. The van der Waals surface area contributed by atoms with Gasteiger partial charge in [-0.05, 0) is 36.5 Å². The summed E-state index contributed by atoms with van der Waals surface area (Å²) in [7, 11) is 0. The average molecular weight is 330 g/mol. The molecule has 1 aromatic carbocycles. The van der Waals surface area contributed by atoms with E-state index in [1.807, 2.05) is 32.0 Å². The van der Waals surface area contributed by atoms with Crippen molar-refractivity contribution < 1.29 is 14.4 Å². The van der Waals surface area contributed by atoms with Gasteiger partial charge in [-0.3, -0.25) is 14.4 Å². The van der Waals surface area contributed by atoms with Crippen molar-refractivity contribution in [2.24, 2.45) is 5.92 Å². The van der Waals surface area contributed by atoms with E-state index in [9.17, 15) is 14.4 Å². The molecule has 0 aromatic heterocycles. The normalized spacial score (nSPS) is 12.8. The molecule has 0 aliphatic heterocycles. The molecule has 1 aliphatic carbocycles. The maximum absolute atomic E-state index is 12.2. The molecule has 0 bridgehead atoms. The summed E-state index contributed by atoms with van der Waals surface area (Å²) in [5, 5.41) is 5.45. The van der Waals surface area contributed by atoms with Gasteiger partial charge in [-0.15, -0.1) is 0 Å². The van der Waals surface area contributed by atoms with Crippen molar-refractivity contribution in [1.82, 2.24) is 10.6 Å². The predicted octanol–water partition coefficient (Wildman–Crippen LogP) is 2.03. The zero-order valence-corrected chi connectivity index (χ0v) is 14.5. The second-order valence-electron chi connectivity index (χ2n) is 6.56. The van der Waals surface area contributed by atoms with E-state index < -0.39 is 0 Å². The topological polar surface area (TPSA) is 75.3 Å².